The molecule has 0 aliphatic carbocycles. The fraction of sp³-hybridized carbons (Fsp3) is 0.167. The molecular weight excluding hydrogens is 188 g/mol. The van der Waals surface area contributed by atoms with E-state index in [9.17, 15) is 0 Å². The van der Waals surface area contributed by atoms with Gasteiger partial charge >= 0.3 is 0 Å². The molecule has 0 fully saturated rings. The molecule has 0 radical (unpaired) electrons. The predicted molar refractivity (Wildman–Crippen MR) is 52.3 cm³/mol. The largest absolute Gasteiger partial charge is 0.369 e. The Morgan fingerprint density at radius 2 is 2.00 bits per heavy atom. The van der Waals surface area contributed by atoms with Crippen LogP contribution in [0, 0.1) is 0 Å². The van der Waals surface area contributed by atoms with Gasteiger partial charge in [-0.3, -0.25) is 0 Å². The van der Waals surface area contributed by atoms with Gasteiger partial charge in [0.2, 0.25) is 5.95 Å². The van der Waals surface area contributed by atoms with E-state index >= 15 is 0 Å². The first-order valence-corrected chi connectivity index (χ1v) is 4.76. The van der Waals surface area contributed by atoms with Crippen LogP contribution >= 0.6 is 11.8 Å². The van der Waals surface area contributed by atoms with E-state index < -0.39 is 0 Å². The van der Waals surface area contributed by atoms with Gasteiger partial charge in [0.25, 0.3) is 0 Å². The number of rotatable bonds is 1. The Kier molecular flexibility index (Phi) is 1.73. The van der Waals surface area contributed by atoms with Gasteiger partial charge in [0, 0.05) is 0 Å². The predicted octanol–water partition coefficient (Wildman–Crippen LogP) is 0.239. The zero-order valence-corrected chi connectivity index (χ0v) is 7.72. The van der Waals surface area contributed by atoms with Gasteiger partial charge in [-0.2, -0.15) is 9.97 Å². The molecule has 0 aliphatic heterocycles. The monoisotopic (exact) mass is 196 g/mol. The van der Waals surface area contributed by atoms with Crippen molar-refractivity contribution in [3.8, 4) is 0 Å². The minimum atomic E-state index is 0.211. The number of nitrogens with one attached hydrogen (secondary N) is 1. The van der Waals surface area contributed by atoms with Crippen LogP contribution < -0.4 is 11.5 Å². The van der Waals surface area contributed by atoms with E-state index in [1.165, 1.54) is 11.8 Å². The van der Waals surface area contributed by atoms with Crippen LogP contribution in [0.25, 0.3) is 11.2 Å². The molecule has 0 spiro atoms. The summed E-state index contributed by atoms with van der Waals surface area (Å²) in [6.45, 7) is 0. The van der Waals surface area contributed by atoms with Crippen molar-refractivity contribution in [1.82, 2.24) is 19.9 Å². The molecule has 68 valence electrons. The molecule has 0 saturated carbocycles. The van der Waals surface area contributed by atoms with Gasteiger partial charge in [0.15, 0.2) is 11.6 Å². The summed E-state index contributed by atoms with van der Waals surface area (Å²) in [5.74, 6) is 0.536. The summed E-state index contributed by atoms with van der Waals surface area (Å²) < 4.78 is 0. The Hall–Kier alpha value is -1.50. The minimum absolute atomic E-state index is 0.211. The van der Waals surface area contributed by atoms with Gasteiger partial charge < -0.3 is 16.5 Å². The van der Waals surface area contributed by atoms with Crippen LogP contribution in [0.15, 0.2) is 5.03 Å². The standard InChI is InChI=1S/C6H8N6S/c1-13-4-2-3(10-5(7)9-2)11-6(8)12-4/h1H3,(H5,7,8,9,10,11,12). The number of fused-ring (bicyclic) bond motifs is 1. The average Bonchev–Trinajstić information content (AvgIpc) is 2.43. The van der Waals surface area contributed by atoms with Crippen molar-refractivity contribution in [2.24, 2.45) is 0 Å². The van der Waals surface area contributed by atoms with Crippen LogP contribution in [-0.2, 0) is 0 Å². The normalized spacial score (nSPS) is 10.8. The average molecular weight is 196 g/mol. The molecule has 2 heterocycles. The van der Waals surface area contributed by atoms with Crippen LogP contribution in [-0.4, -0.2) is 26.2 Å². The first kappa shape index (κ1) is 8.11. The number of thioether (sulfide) groups is 1. The van der Waals surface area contributed by atoms with Crippen LogP contribution in [0.4, 0.5) is 11.9 Å². The van der Waals surface area contributed by atoms with Crippen molar-refractivity contribution < 1.29 is 0 Å². The Morgan fingerprint density at radius 1 is 1.23 bits per heavy atom. The van der Waals surface area contributed by atoms with E-state index in [4.69, 9.17) is 11.5 Å². The molecular formula is C6H8N6S. The lowest BCUT2D eigenvalue weighted by molar-refractivity contribution is 1.11. The number of imidazole rings is 1. The zero-order valence-electron chi connectivity index (χ0n) is 6.90. The molecule has 2 aromatic heterocycles. The summed E-state index contributed by atoms with van der Waals surface area (Å²) in [7, 11) is 0. The molecule has 0 amide bonds. The molecule has 13 heavy (non-hydrogen) atoms. The van der Waals surface area contributed by atoms with Gasteiger partial charge in [-0.15, -0.1) is 11.8 Å². The fourth-order valence-corrected chi connectivity index (χ4v) is 1.58. The molecule has 5 N–H and O–H groups in total. The third-order valence-electron chi connectivity index (χ3n) is 1.55. The third-order valence-corrected chi connectivity index (χ3v) is 2.23. The lowest BCUT2D eigenvalue weighted by Gasteiger charge is -1.97. The van der Waals surface area contributed by atoms with E-state index in [1.54, 1.807) is 0 Å². The summed E-state index contributed by atoms with van der Waals surface area (Å²) in [6, 6.07) is 0. The SMILES string of the molecule is CSc1nc(N)nc2nc(N)[nH]c12. The lowest BCUT2D eigenvalue weighted by atomic mass is 10.5. The zero-order chi connectivity index (χ0) is 9.42. The van der Waals surface area contributed by atoms with E-state index in [1.807, 2.05) is 6.26 Å². The number of anilines is 2. The van der Waals surface area contributed by atoms with Crippen molar-refractivity contribution in [1.29, 1.82) is 0 Å². The molecule has 0 aliphatic rings. The number of hydrogen-bond acceptors (Lipinski definition) is 6. The number of aromatic nitrogens is 4. The maximum atomic E-state index is 5.48. The van der Waals surface area contributed by atoms with Crippen molar-refractivity contribution in [3.05, 3.63) is 0 Å². The van der Waals surface area contributed by atoms with Gasteiger partial charge in [0.05, 0.1) is 0 Å². The van der Waals surface area contributed by atoms with E-state index in [-0.39, 0.29) is 5.95 Å². The van der Waals surface area contributed by atoms with Crippen LogP contribution in [0.3, 0.4) is 0 Å². The van der Waals surface area contributed by atoms with Gasteiger partial charge in [-0.05, 0) is 6.26 Å². The van der Waals surface area contributed by atoms with Crippen molar-refractivity contribution in [2.45, 2.75) is 5.03 Å². The lowest BCUT2D eigenvalue weighted by Crippen LogP contribution is -1.96. The van der Waals surface area contributed by atoms with E-state index in [0.29, 0.717) is 11.6 Å². The third kappa shape index (κ3) is 1.26. The van der Waals surface area contributed by atoms with Gasteiger partial charge in [0.1, 0.15) is 10.5 Å². The highest BCUT2D eigenvalue weighted by atomic mass is 32.2. The Balaban J connectivity index is 2.80. The number of H-pyrrole nitrogens is 1. The quantitative estimate of drug-likeness (QED) is 0.445. The molecule has 0 atom stereocenters. The molecule has 0 aromatic carbocycles. The number of nitrogen functional groups attached to an aromatic ring is 2. The Bertz CT molecular complexity index is 450. The second kappa shape index (κ2) is 2.77. The first-order chi connectivity index (χ1) is 6.20. The second-order valence-corrected chi connectivity index (χ2v) is 3.21. The van der Waals surface area contributed by atoms with Crippen LogP contribution in [0.2, 0.25) is 0 Å². The summed E-state index contributed by atoms with van der Waals surface area (Å²) in [5.41, 5.74) is 12.2. The van der Waals surface area contributed by atoms with Crippen LogP contribution in [0.1, 0.15) is 0 Å². The summed E-state index contributed by atoms with van der Waals surface area (Å²) in [6.07, 6.45) is 1.90. The summed E-state index contributed by atoms with van der Waals surface area (Å²) in [5, 5.41) is 0.756. The summed E-state index contributed by atoms with van der Waals surface area (Å²) in [4.78, 5) is 14.8. The second-order valence-electron chi connectivity index (χ2n) is 2.41. The Labute approximate surface area is 78.1 Å². The first-order valence-electron chi connectivity index (χ1n) is 3.53. The van der Waals surface area contributed by atoms with Crippen LogP contribution in [0.5, 0.6) is 0 Å². The van der Waals surface area contributed by atoms with Crippen molar-refractivity contribution in [2.75, 3.05) is 17.7 Å². The van der Waals surface area contributed by atoms with E-state index in [2.05, 4.69) is 19.9 Å². The molecule has 7 heteroatoms. The topological polar surface area (TPSA) is 106 Å². The number of aromatic amines is 1. The van der Waals surface area contributed by atoms with Crippen molar-refractivity contribution >= 4 is 34.8 Å². The molecule has 2 rings (SSSR count). The van der Waals surface area contributed by atoms with Gasteiger partial charge in [-0.25, -0.2) is 4.98 Å². The molecule has 6 nitrogen and oxygen atoms in total. The maximum Gasteiger partial charge on any atom is 0.223 e. The van der Waals surface area contributed by atoms with Gasteiger partial charge in [-0.1, -0.05) is 0 Å². The van der Waals surface area contributed by atoms with Crippen molar-refractivity contribution in [3.63, 3.8) is 0 Å². The number of nitrogens with zero attached hydrogens (tertiary/aromatic N) is 3. The maximum absolute atomic E-state index is 5.48. The molecule has 0 bridgehead atoms. The highest BCUT2D eigenvalue weighted by molar-refractivity contribution is 7.98. The smallest absolute Gasteiger partial charge is 0.223 e. The number of nitrogens with two attached hydrogens (primary N) is 2. The molecule has 0 unspecified atom stereocenters. The Morgan fingerprint density at radius 3 is 2.69 bits per heavy atom. The van der Waals surface area contributed by atoms with E-state index in [0.717, 1.165) is 10.5 Å². The number of hydrogen-bond donors (Lipinski definition) is 3. The molecule has 2 aromatic rings. The summed E-state index contributed by atoms with van der Waals surface area (Å²) >= 11 is 1.47. The highest BCUT2D eigenvalue weighted by Crippen LogP contribution is 2.22. The fourth-order valence-electron chi connectivity index (χ4n) is 1.05. The molecule has 0 saturated heterocycles. The minimum Gasteiger partial charge on any atom is -0.369 e. The highest BCUT2D eigenvalue weighted by Gasteiger charge is 2.08.